The van der Waals surface area contributed by atoms with E-state index in [-0.39, 0.29) is 0 Å². The van der Waals surface area contributed by atoms with Crippen LogP contribution in [0.5, 0.6) is 11.5 Å². The Balaban J connectivity index is 1.46. The van der Waals surface area contributed by atoms with Crippen molar-refractivity contribution in [1.82, 2.24) is 9.55 Å². The van der Waals surface area contributed by atoms with Crippen LogP contribution in [0.4, 0.5) is 0 Å². The maximum absolute atomic E-state index is 5.58. The Morgan fingerprint density at radius 3 is 1.57 bits per heavy atom. The normalized spacial score (nSPS) is 14.1. The quantitative estimate of drug-likeness (QED) is 0.204. The van der Waals surface area contributed by atoms with Crippen LogP contribution in [0.1, 0.15) is 16.7 Å². The van der Waals surface area contributed by atoms with E-state index in [2.05, 4.69) is 65.2 Å². The highest BCUT2D eigenvalue weighted by atomic mass is 16.5. The van der Waals surface area contributed by atoms with E-state index in [0.717, 1.165) is 73.5 Å². The Hall–Kier alpha value is -5.75. The van der Waals surface area contributed by atoms with Gasteiger partial charge in [0.15, 0.2) is 0 Å². The van der Waals surface area contributed by atoms with Gasteiger partial charge in [0.2, 0.25) is 0 Å². The van der Waals surface area contributed by atoms with Crippen molar-refractivity contribution >= 4 is 11.4 Å². The van der Waals surface area contributed by atoms with Crippen molar-refractivity contribution in [1.29, 1.82) is 0 Å². The Morgan fingerprint density at radius 1 is 0.523 bits per heavy atom. The molecule has 0 saturated carbocycles. The predicted molar refractivity (Wildman–Crippen MR) is 175 cm³/mol. The van der Waals surface area contributed by atoms with Crippen molar-refractivity contribution in [3.05, 3.63) is 150 Å². The van der Waals surface area contributed by atoms with Gasteiger partial charge in [-0.1, -0.05) is 84.9 Å². The second-order valence-corrected chi connectivity index (χ2v) is 10.8. The monoisotopic (exact) mass is 572 g/mol. The van der Waals surface area contributed by atoms with Crippen LogP contribution in [0.15, 0.2) is 143 Å². The molecule has 0 aliphatic carbocycles. The lowest BCUT2D eigenvalue weighted by molar-refractivity contribution is 0.414. The topological polar surface area (TPSA) is 61.0 Å². The molecule has 0 radical (unpaired) electrons. The molecule has 44 heavy (non-hydrogen) atoms. The fourth-order valence-electron chi connectivity index (χ4n) is 6.22. The molecule has 0 amide bonds. The van der Waals surface area contributed by atoms with Gasteiger partial charge >= 0.3 is 0 Å². The predicted octanol–water partition coefficient (Wildman–Crippen LogP) is 7.87. The number of rotatable bonds is 6. The standard InChI is InChI=1S/C38H28N4O2/c1-43-29-21-17-26(18-22-29)33-34(27-19-23-30(44-2)24-20-27)41-38(40-33)32-16-10-9-15-31(32)37-39-35(25-11-5-3-6-12-25)36(42(37)38)28-13-7-4-8-14-28/h3-24H,1-2H3. The minimum Gasteiger partial charge on any atom is -0.497 e. The van der Waals surface area contributed by atoms with Gasteiger partial charge in [0.25, 0.3) is 5.79 Å². The highest BCUT2D eigenvalue weighted by molar-refractivity contribution is 6.54. The van der Waals surface area contributed by atoms with Crippen LogP contribution >= 0.6 is 0 Å². The zero-order valence-corrected chi connectivity index (χ0v) is 24.3. The minimum atomic E-state index is -1.10. The van der Waals surface area contributed by atoms with Crippen molar-refractivity contribution in [3.8, 4) is 45.4 Å². The lowest BCUT2D eigenvalue weighted by Gasteiger charge is -2.24. The van der Waals surface area contributed by atoms with Crippen molar-refractivity contribution in [2.75, 3.05) is 14.2 Å². The van der Waals surface area contributed by atoms with Gasteiger partial charge in [-0.3, -0.25) is 4.57 Å². The second-order valence-electron chi connectivity index (χ2n) is 10.8. The van der Waals surface area contributed by atoms with E-state index >= 15 is 0 Å². The Bertz CT molecular complexity index is 2000. The average Bonchev–Trinajstić information content (AvgIpc) is 3.77. The number of nitrogens with zero attached hydrogens (tertiary/aromatic N) is 4. The van der Waals surface area contributed by atoms with Crippen molar-refractivity contribution in [2.24, 2.45) is 9.98 Å². The van der Waals surface area contributed by atoms with Gasteiger partial charge in [-0.15, -0.1) is 0 Å². The van der Waals surface area contributed by atoms with E-state index in [1.165, 1.54) is 0 Å². The molecule has 0 fully saturated rings. The van der Waals surface area contributed by atoms with Gasteiger partial charge in [-0.25, -0.2) is 15.0 Å². The molecule has 0 unspecified atom stereocenters. The van der Waals surface area contributed by atoms with Crippen molar-refractivity contribution in [3.63, 3.8) is 0 Å². The summed E-state index contributed by atoms with van der Waals surface area (Å²) < 4.78 is 13.2. The molecule has 5 aromatic carbocycles. The minimum absolute atomic E-state index is 0.784. The summed E-state index contributed by atoms with van der Waals surface area (Å²) in [5.74, 6) is 1.32. The van der Waals surface area contributed by atoms with Gasteiger partial charge in [-0.2, -0.15) is 0 Å². The molecule has 2 aliphatic heterocycles. The van der Waals surface area contributed by atoms with E-state index in [4.69, 9.17) is 24.4 Å². The van der Waals surface area contributed by atoms with Gasteiger partial charge < -0.3 is 9.47 Å². The third-order valence-electron chi connectivity index (χ3n) is 8.30. The summed E-state index contributed by atoms with van der Waals surface area (Å²) in [6.07, 6.45) is 0. The molecule has 6 aromatic rings. The van der Waals surface area contributed by atoms with Gasteiger partial charge in [0, 0.05) is 33.4 Å². The smallest absolute Gasteiger partial charge is 0.262 e. The molecule has 1 spiro atoms. The largest absolute Gasteiger partial charge is 0.497 e. The number of aliphatic imine (C=N–C) groups is 2. The number of aromatic nitrogens is 2. The van der Waals surface area contributed by atoms with Crippen LogP contribution in [-0.2, 0) is 5.79 Å². The van der Waals surface area contributed by atoms with Crippen LogP contribution in [0.2, 0.25) is 0 Å². The number of methoxy groups -OCH3 is 2. The molecule has 0 bridgehead atoms. The maximum Gasteiger partial charge on any atom is 0.262 e. The highest BCUT2D eigenvalue weighted by Crippen LogP contribution is 2.52. The number of hydrogen-bond acceptors (Lipinski definition) is 5. The zero-order chi connectivity index (χ0) is 29.7. The molecule has 6 heteroatoms. The number of hydrogen-bond donors (Lipinski definition) is 0. The summed E-state index contributed by atoms with van der Waals surface area (Å²) in [7, 11) is 3.35. The SMILES string of the molecule is COc1ccc(C2=NC3(N=C2c2ccc(OC)cc2)c2ccccc2-c2nc(-c4ccccc4)c(-c4ccccc4)n23)cc1. The second kappa shape index (κ2) is 10.2. The van der Waals surface area contributed by atoms with Gasteiger partial charge in [0.1, 0.15) is 17.3 Å². The molecular formula is C38H28N4O2. The molecule has 0 saturated heterocycles. The Labute approximate surface area is 255 Å². The van der Waals surface area contributed by atoms with E-state index in [1.807, 2.05) is 72.8 Å². The lowest BCUT2D eigenvalue weighted by Crippen LogP contribution is -2.26. The van der Waals surface area contributed by atoms with Crippen LogP contribution in [-0.4, -0.2) is 35.2 Å². The molecule has 3 heterocycles. The first kappa shape index (κ1) is 25.9. The first-order valence-electron chi connectivity index (χ1n) is 14.5. The summed E-state index contributed by atoms with van der Waals surface area (Å²) in [5.41, 5.74) is 9.47. The van der Waals surface area contributed by atoms with Crippen LogP contribution < -0.4 is 9.47 Å². The van der Waals surface area contributed by atoms with Crippen LogP contribution in [0.3, 0.4) is 0 Å². The highest BCUT2D eigenvalue weighted by Gasteiger charge is 2.50. The maximum atomic E-state index is 5.58. The number of fused-ring (bicyclic) bond motifs is 5. The molecule has 0 N–H and O–H groups in total. The fourth-order valence-corrected chi connectivity index (χ4v) is 6.22. The van der Waals surface area contributed by atoms with Crippen molar-refractivity contribution in [2.45, 2.75) is 5.79 Å². The summed E-state index contributed by atoms with van der Waals surface area (Å²) in [6.45, 7) is 0. The summed E-state index contributed by atoms with van der Waals surface area (Å²) >= 11 is 0. The third-order valence-corrected chi connectivity index (χ3v) is 8.30. The average molecular weight is 573 g/mol. The number of ether oxygens (including phenoxy) is 2. The molecule has 8 rings (SSSR count). The van der Waals surface area contributed by atoms with E-state index < -0.39 is 5.79 Å². The van der Waals surface area contributed by atoms with Crippen LogP contribution in [0, 0.1) is 0 Å². The van der Waals surface area contributed by atoms with E-state index in [1.54, 1.807) is 14.2 Å². The van der Waals surface area contributed by atoms with Crippen LogP contribution in [0.25, 0.3) is 33.9 Å². The Kier molecular flexibility index (Phi) is 6.01. The third kappa shape index (κ3) is 3.92. The number of benzene rings is 5. The van der Waals surface area contributed by atoms with Gasteiger partial charge in [-0.05, 0) is 48.5 Å². The molecule has 0 atom stereocenters. The lowest BCUT2D eigenvalue weighted by atomic mass is 10.00. The Morgan fingerprint density at radius 2 is 1.02 bits per heavy atom. The molecular weight excluding hydrogens is 544 g/mol. The molecule has 212 valence electrons. The van der Waals surface area contributed by atoms with E-state index in [0.29, 0.717) is 0 Å². The molecule has 6 nitrogen and oxygen atoms in total. The summed E-state index contributed by atoms with van der Waals surface area (Å²) in [6, 6.07) is 45.1. The number of imidazole rings is 1. The first-order chi connectivity index (χ1) is 21.7. The summed E-state index contributed by atoms with van der Waals surface area (Å²) in [4.78, 5) is 16.5. The van der Waals surface area contributed by atoms with E-state index in [9.17, 15) is 0 Å². The zero-order valence-electron chi connectivity index (χ0n) is 24.3. The first-order valence-corrected chi connectivity index (χ1v) is 14.5. The van der Waals surface area contributed by atoms with Crippen molar-refractivity contribution < 1.29 is 9.47 Å². The van der Waals surface area contributed by atoms with Gasteiger partial charge in [0.05, 0.1) is 37.0 Å². The molecule has 1 aromatic heterocycles. The summed E-state index contributed by atoms with van der Waals surface area (Å²) in [5, 5.41) is 0. The molecule has 2 aliphatic rings. The fraction of sp³-hybridized carbons (Fsp3) is 0.0789.